The third-order valence-electron chi connectivity index (χ3n) is 4.49. The highest BCUT2D eigenvalue weighted by molar-refractivity contribution is 6.71. The summed E-state index contributed by atoms with van der Waals surface area (Å²) in [6.07, 6.45) is 1.21. The second kappa shape index (κ2) is 3.81. The topological polar surface area (TPSA) is 0 Å². The zero-order chi connectivity index (χ0) is 13.0. The molecule has 1 heteroatoms. The van der Waals surface area contributed by atoms with E-state index in [1.54, 1.807) is 11.1 Å². The summed E-state index contributed by atoms with van der Waals surface area (Å²) in [7, 11) is -0.631. The lowest BCUT2D eigenvalue weighted by Crippen LogP contribution is -2.31. The van der Waals surface area contributed by atoms with Crippen molar-refractivity contribution in [2.24, 2.45) is 0 Å². The molecule has 2 aliphatic carbocycles. The minimum atomic E-state index is -0.631. The number of fused-ring (bicyclic) bond motifs is 6. The van der Waals surface area contributed by atoms with Gasteiger partial charge in [-0.3, -0.25) is 0 Å². The molecule has 0 bridgehead atoms. The van der Waals surface area contributed by atoms with Crippen molar-refractivity contribution in [3.8, 4) is 22.3 Å². The molecule has 1 unspecified atom stereocenters. The van der Waals surface area contributed by atoms with Gasteiger partial charge in [-0.25, -0.2) is 0 Å². The van der Waals surface area contributed by atoms with E-state index in [-0.39, 0.29) is 0 Å². The molecule has 0 saturated carbocycles. The van der Waals surface area contributed by atoms with Gasteiger partial charge >= 0.3 is 0 Å². The zero-order valence-electron chi connectivity index (χ0n) is 10.8. The summed E-state index contributed by atoms with van der Waals surface area (Å²) >= 11 is 0. The number of benzene rings is 2. The summed E-state index contributed by atoms with van der Waals surface area (Å²) in [6, 6.07) is 13.4. The Morgan fingerprint density at radius 1 is 0.947 bits per heavy atom. The molecule has 2 aliphatic rings. The standard InChI is InChI=1S/C18H15Si/c1-3-19(4-2)17-11-16-13(17)9-10-15-12-7-5-6-8-14(12)18(15)16/h3-10,17H,1-2,11H2. The molecule has 2 aromatic carbocycles. The maximum atomic E-state index is 3.97. The van der Waals surface area contributed by atoms with E-state index in [0.29, 0.717) is 5.54 Å². The van der Waals surface area contributed by atoms with Gasteiger partial charge in [-0.1, -0.05) is 47.8 Å². The van der Waals surface area contributed by atoms with Crippen LogP contribution < -0.4 is 0 Å². The Labute approximate surface area is 115 Å². The average molecular weight is 259 g/mol. The highest BCUT2D eigenvalue weighted by atomic mass is 28.3. The third kappa shape index (κ3) is 1.28. The van der Waals surface area contributed by atoms with E-state index < -0.39 is 8.80 Å². The van der Waals surface area contributed by atoms with Gasteiger partial charge in [-0.15, -0.1) is 13.2 Å². The van der Waals surface area contributed by atoms with E-state index in [0.717, 1.165) is 0 Å². The Morgan fingerprint density at radius 2 is 1.68 bits per heavy atom. The van der Waals surface area contributed by atoms with Crippen molar-refractivity contribution in [2.45, 2.75) is 12.0 Å². The summed E-state index contributed by atoms with van der Waals surface area (Å²) in [4.78, 5) is 0. The maximum Gasteiger partial charge on any atom is 0.110 e. The first-order chi connectivity index (χ1) is 9.35. The van der Waals surface area contributed by atoms with Gasteiger partial charge in [0.15, 0.2) is 0 Å². The van der Waals surface area contributed by atoms with Crippen LogP contribution in [0.25, 0.3) is 22.3 Å². The van der Waals surface area contributed by atoms with Gasteiger partial charge in [0.2, 0.25) is 0 Å². The number of hydrogen-bond donors (Lipinski definition) is 0. The molecular weight excluding hydrogens is 244 g/mol. The highest BCUT2D eigenvalue weighted by Crippen LogP contribution is 2.54. The van der Waals surface area contributed by atoms with Crippen molar-refractivity contribution in [2.75, 3.05) is 0 Å². The van der Waals surface area contributed by atoms with Gasteiger partial charge in [0.1, 0.15) is 8.80 Å². The van der Waals surface area contributed by atoms with Crippen LogP contribution in [0.15, 0.2) is 61.0 Å². The van der Waals surface area contributed by atoms with Crippen LogP contribution in [-0.4, -0.2) is 8.80 Å². The van der Waals surface area contributed by atoms with Gasteiger partial charge < -0.3 is 0 Å². The lowest BCUT2D eigenvalue weighted by molar-refractivity contribution is 0.791. The number of hydrogen-bond acceptors (Lipinski definition) is 0. The van der Waals surface area contributed by atoms with E-state index >= 15 is 0 Å². The van der Waals surface area contributed by atoms with E-state index in [1.165, 1.54) is 28.7 Å². The predicted molar refractivity (Wildman–Crippen MR) is 83.5 cm³/mol. The van der Waals surface area contributed by atoms with Gasteiger partial charge in [-0.05, 0) is 45.3 Å². The molecule has 4 rings (SSSR count). The Balaban J connectivity index is 1.80. The second-order valence-corrected chi connectivity index (χ2v) is 7.78. The van der Waals surface area contributed by atoms with Crippen LogP contribution in [0.5, 0.6) is 0 Å². The van der Waals surface area contributed by atoms with E-state index in [9.17, 15) is 0 Å². The van der Waals surface area contributed by atoms with Crippen molar-refractivity contribution in [3.63, 3.8) is 0 Å². The van der Waals surface area contributed by atoms with Crippen molar-refractivity contribution in [1.82, 2.24) is 0 Å². The monoisotopic (exact) mass is 259 g/mol. The van der Waals surface area contributed by atoms with Crippen LogP contribution in [0.1, 0.15) is 16.7 Å². The summed E-state index contributed by atoms with van der Waals surface area (Å²) in [6.45, 7) is 7.94. The molecule has 0 N–H and O–H groups in total. The Hall–Kier alpha value is -1.86. The Morgan fingerprint density at radius 3 is 2.42 bits per heavy atom. The molecule has 1 atom stereocenters. The van der Waals surface area contributed by atoms with Gasteiger partial charge in [0, 0.05) is 0 Å². The van der Waals surface area contributed by atoms with Crippen molar-refractivity contribution >= 4 is 8.80 Å². The minimum Gasteiger partial charge on any atom is -0.107 e. The summed E-state index contributed by atoms with van der Waals surface area (Å²) < 4.78 is 0. The first kappa shape index (κ1) is 11.0. The molecule has 0 fully saturated rings. The van der Waals surface area contributed by atoms with Crippen LogP contribution in [0, 0.1) is 0 Å². The zero-order valence-corrected chi connectivity index (χ0v) is 11.8. The van der Waals surface area contributed by atoms with Crippen molar-refractivity contribution in [3.05, 3.63) is 72.1 Å². The predicted octanol–water partition coefficient (Wildman–Crippen LogP) is 4.46. The van der Waals surface area contributed by atoms with Crippen molar-refractivity contribution < 1.29 is 0 Å². The van der Waals surface area contributed by atoms with Crippen LogP contribution in [-0.2, 0) is 6.42 Å². The number of rotatable bonds is 3. The second-order valence-electron chi connectivity index (χ2n) is 5.27. The minimum absolute atomic E-state index is 0.631. The summed E-state index contributed by atoms with van der Waals surface area (Å²) in [5.74, 6) is 0. The smallest absolute Gasteiger partial charge is 0.107 e. The average Bonchev–Trinajstić information content (AvgIpc) is 2.42. The molecule has 0 spiro atoms. The lowest BCUT2D eigenvalue weighted by Gasteiger charge is -2.39. The first-order valence-corrected chi connectivity index (χ1v) is 8.45. The molecule has 91 valence electrons. The fourth-order valence-corrected chi connectivity index (χ4v) is 5.27. The molecule has 0 nitrogen and oxygen atoms in total. The van der Waals surface area contributed by atoms with Crippen LogP contribution in [0.3, 0.4) is 0 Å². The lowest BCUT2D eigenvalue weighted by atomic mass is 9.71. The third-order valence-corrected chi connectivity index (χ3v) is 6.76. The van der Waals surface area contributed by atoms with Gasteiger partial charge in [0.25, 0.3) is 0 Å². The largest absolute Gasteiger partial charge is 0.110 e. The SMILES string of the molecule is C=C[Si](C=C)C1Cc2c1ccc1c2-c2ccccc2-1. The summed E-state index contributed by atoms with van der Waals surface area (Å²) in [5, 5.41) is 0. The molecule has 0 saturated heterocycles. The molecular formula is C18H15Si. The van der Waals surface area contributed by atoms with Crippen LogP contribution >= 0.6 is 0 Å². The Bertz CT molecular complexity index is 704. The Kier molecular flexibility index (Phi) is 2.21. The van der Waals surface area contributed by atoms with Gasteiger partial charge in [0.05, 0.1) is 0 Å². The van der Waals surface area contributed by atoms with Crippen LogP contribution in [0.2, 0.25) is 0 Å². The normalized spacial score (nSPS) is 17.6. The van der Waals surface area contributed by atoms with Crippen molar-refractivity contribution in [1.29, 1.82) is 0 Å². The molecule has 0 amide bonds. The molecule has 1 radical (unpaired) electrons. The molecule has 0 heterocycles. The van der Waals surface area contributed by atoms with E-state index in [1.807, 2.05) is 0 Å². The summed E-state index contributed by atoms with van der Waals surface area (Å²) in [5.41, 5.74) is 13.9. The fraction of sp³-hybridized carbons (Fsp3) is 0.111. The molecule has 0 aliphatic heterocycles. The van der Waals surface area contributed by atoms with E-state index in [4.69, 9.17) is 0 Å². The van der Waals surface area contributed by atoms with Crippen LogP contribution in [0.4, 0.5) is 0 Å². The quantitative estimate of drug-likeness (QED) is 0.609. The molecule has 0 aromatic heterocycles. The molecule has 2 aromatic rings. The van der Waals surface area contributed by atoms with Gasteiger partial charge in [-0.2, -0.15) is 0 Å². The first-order valence-electron chi connectivity index (χ1n) is 6.72. The maximum absolute atomic E-state index is 3.97. The fourth-order valence-electron chi connectivity index (χ4n) is 3.46. The molecule has 19 heavy (non-hydrogen) atoms. The van der Waals surface area contributed by atoms with E-state index in [2.05, 4.69) is 61.0 Å². The highest BCUT2D eigenvalue weighted by Gasteiger charge is 2.37.